The van der Waals surface area contributed by atoms with Gasteiger partial charge in [0.1, 0.15) is 0 Å². The third-order valence-corrected chi connectivity index (χ3v) is 0. The Labute approximate surface area is 127 Å². The summed E-state index contributed by atoms with van der Waals surface area (Å²) in [6.45, 7) is 0. The van der Waals surface area contributed by atoms with E-state index in [1.807, 2.05) is 0 Å². The molecule has 0 saturated carbocycles. The molecule has 0 unspecified atom stereocenters. The van der Waals surface area contributed by atoms with E-state index in [2.05, 4.69) is 15.4 Å². The molecule has 0 saturated heterocycles. The van der Waals surface area contributed by atoms with Gasteiger partial charge in [0, 0.05) is 0 Å². The topological polar surface area (TPSA) is 282 Å². The normalized spacial score (nSPS) is 5.37. The summed E-state index contributed by atoms with van der Waals surface area (Å²) in [7, 11) is 0. The first-order valence-electron chi connectivity index (χ1n) is 2.32. The summed E-state index contributed by atoms with van der Waals surface area (Å²) in [5.41, 5.74) is 0. The summed E-state index contributed by atoms with van der Waals surface area (Å²) in [4.78, 5) is 33.0. The van der Waals surface area contributed by atoms with Crippen molar-refractivity contribution < 1.29 is 65.8 Å². The van der Waals surface area contributed by atoms with E-state index in [1.54, 1.807) is 0 Å². The van der Waals surface area contributed by atoms with Crippen molar-refractivity contribution in [3.8, 4) is 0 Å². The van der Waals surface area contributed by atoms with Crippen LogP contribution in [0.5, 0.6) is 0 Å². The van der Waals surface area contributed by atoms with Gasteiger partial charge in [-0.05, 0) is 0 Å². The van der Waals surface area contributed by atoms with Crippen molar-refractivity contribution >= 4 is 0 Å². The van der Waals surface area contributed by atoms with Gasteiger partial charge in [-0.15, -0.1) is 0 Å². The Kier molecular flexibility index (Phi) is 68.2. The molecule has 0 amide bonds. The summed E-state index contributed by atoms with van der Waals surface area (Å²) < 4.78 is 7.88. The van der Waals surface area contributed by atoms with Crippen LogP contribution in [-0.4, -0.2) is 20.3 Å². The van der Waals surface area contributed by atoms with Gasteiger partial charge in [0.25, 0.3) is 0 Å². The van der Waals surface area contributed by atoms with Crippen LogP contribution in [0.15, 0.2) is 0 Å². The van der Waals surface area contributed by atoms with E-state index in [9.17, 15) is 0 Å². The van der Waals surface area contributed by atoms with Crippen molar-refractivity contribution in [3.63, 3.8) is 0 Å². The Balaban J connectivity index is -0.0000000279. The second kappa shape index (κ2) is 36.0. The molecule has 0 aromatic rings. The maximum absolute atomic E-state index is 8.25. The van der Waals surface area contributed by atoms with Gasteiger partial charge < -0.3 is 61.3 Å². The molecule has 0 aliphatic rings. The zero-order valence-corrected chi connectivity index (χ0v) is 11.4. The second-order valence-electron chi connectivity index (χ2n) is 0.894. The minimum Gasteiger partial charge on any atom is 4.00 e. The molecule has 0 spiro atoms. The predicted molar refractivity (Wildman–Crippen MR) is 42.1 cm³/mol. The standard InChI is InChI=1S/4NO3.Ni.O.Zr/c4*2-1(3)4;;;/q4*-1;;;+4. The van der Waals surface area contributed by atoms with Gasteiger partial charge in [-0.25, -0.2) is 0 Å². The van der Waals surface area contributed by atoms with Gasteiger partial charge in [0.05, 0.1) is 20.3 Å². The van der Waals surface area contributed by atoms with Crippen LogP contribution in [0.3, 0.4) is 0 Å². The minimum absolute atomic E-state index is 0. The van der Waals surface area contributed by atoms with Crippen LogP contribution >= 0.6 is 0 Å². The van der Waals surface area contributed by atoms with Crippen molar-refractivity contribution in [2.45, 2.75) is 0 Å². The summed E-state index contributed by atoms with van der Waals surface area (Å²) in [5.74, 6) is 0. The quantitative estimate of drug-likeness (QED) is 0.259. The molecule has 0 fully saturated rings. The summed E-state index contributed by atoms with van der Waals surface area (Å²) in [6, 6.07) is 0. The molecule has 17 nitrogen and oxygen atoms in total. The molecule has 0 rings (SSSR count). The SMILES string of the molecule is O=[N+]([O-])[O-].O=[N+]([O-])[O-].O=[N+]([O-])[O-].O=[N+]([O-])[O-].[O]=[Ni].[Zr+4]. The first-order chi connectivity index (χ1) is 7.93. The Morgan fingerprint density at radius 3 is 0.474 bits per heavy atom. The summed E-state index contributed by atoms with van der Waals surface area (Å²) >= 11 is 2.62. The fraction of sp³-hybridized carbons (Fsp3) is 0. The predicted octanol–water partition coefficient (Wildman–Crippen LogP) is -1.08. The Morgan fingerprint density at radius 1 is 0.474 bits per heavy atom. The molecule has 0 atom stereocenters. The van der Waals surface area contributed by atoms with Gasteiger partial charge in [-0.3, -0.25) is 0 Å². The van der Waals surface area contributed by atoms with Crippen LogP contribution in [0.4, 0.5) is 0 Å². The van der Waals surface area contributed by atoms with E-state index >= 15 is 0 Å². The Hall–Kier alpha value is -2.02. The molecular weight excluding hydrogens is 414 g/mol. The maximum Gasteiger partial charge on any atom is 4.00 e. The van der Waals surface area contributed by atoms with E-state index in [0.29, 0.717) is 0 Å². The fourth-order valence-electron chi connectivity index (χ4n) is 0. The van der Waals surface area contributed by atoms with E-state index in [1.165, 1.54) is 0 Å². The van der Waals surface area contributed by atoms with Crippen LogP contribution in [0.2, 0.25) is 0 Å². The molecule has 19 heteroatoms. The van der Waals surface area contributed by atoms with Crippen molar-refractivity contribution in [1.82, 2.24) is 0 Å². The number of hydrogen-bond donors (Lipinski definition) is 0. The smallest absolute Gasteiger partial charge is 4.00 e. The molecule has 0 bridgehead atoms. The van der Waals surface area contributed by atoms with Crippen LogP contribution in [0.1, 0.15) is 0 Å². The second-order valence-corrected chi connectivity index (χ2v) is 0.894. The zero-order chi connectivity index (χ0) is 16.3. The maximum atomic E-state index is 8.25. The van der Waals surface area contributed by atoms with Gasteiger partial charge in [0.2, 0.25) is 0 Å². The molecule has 112 valence electrons. The van der Waals surface area contributed by atoms with Gasteiger partial charge in [-0.1, -0.05) is 0 Å². The van der Waals surface area contributed by atoms with Crippen LogP contribution in [0.25, 0.3) is 0 Å². The van der Waals surface area contributed by atoms with Crippen molar-refractivity contribution in [2.75, 3.05) is 0 Å². The average Bonchev–Trinajstić information content (AvgIpc) is 2.01. The average molecular weight is 414 g/mol. The van der Waals surface area contributed by atoms with Gasteiger partial charge in [-0.2, -0.15) is 0 Å². The number of nitrogens with zero attached hydrogens (tertiary/aromatic N) is 4. The molecule has 0 aromatic heterocycles. The van der Waals surface area contributed by atoms with Crippen molar-refractivity contribution in [2.24, 2.45) is 0 Å². The molecule has 19 heavy (non-hydrogen) atoms. The molecule has 0 heterocycles. The van der Waals surface area contributed by atoms with E-state index in [-0.39, 0.29) is 26.2 Å². The largest absolute Gasteiger partial charge is 4.00 e. The van der Waals surface area contributed by atoms with Gasteiger partial charge in [0.15, 0.2) is 0 Å². The van der Waals surface area contributed by atoms with E-state index in [4.69, 9.17) is 65.2 Å². The van der Waals surface area contributed by atoms with Crippen LogP contribution in [-0.2, 0) is 45.5 Å². The number of hydrogen-bond acceptors (Lipinski definition) is 13. The summed E-state index contributed by atoms with van der Waals surface area (Å²) in [6.07, 6.45) is 0. The van der Waals surface area contributed by atoms with Crippen molar-refractivity contribution in [1.29, 1.82) is 0 Å². The Morgan fingerprint density at radius 2 is 0.474 bits per heavy atom. The first kappa shape index (κ1) is 36.0. The molecule has 0 aliphatic carbocycles. The molecular formula is N4NiO13Zr. The molecule has 0 radical (unpaired) electrons. The van der Waals surface area contributed by atoms with Crippen LogP contribution < -0.4 is 0 Å². The third-order valence-electron chi connectivity index (χ3n) is 0. The molecule has 0 aromatic carbocycles. The van der Waals surface area contributed by atoms with E-state index in [0.717, 1.165) is 0 Å². The number of rotatable bonds is 0. The third kappa shape index (κ3) is 762. The van der Waals surface area contributed by atoms with Crippen molar-refractivity contribution in [3.05, 3.63) is 61.3 Å². The molecule has 0 N–H and O–H groups in total. The zero-order valence-electron chi connectivity index (χ0n) is 7.91. The monoisotopic (exact) mass is 412 g/mol. The first-order valence-corrected chi connectivity index (χ1v) is 2.72. The fourth-order valence-corrected chi connectivity index (χ4v) is 0. The van der Waals surface area contributed by atoms with E-state index < -0.39 is 20.3 Å². The van der Waals surface area contributed by atoms with Crippen LogP contribution in [0, 0.1) is 61.3 Å². The van der Waals surface area contributed by atoms with Gasteiger partial charge >= 0.3 is 45.5 Å². The summed E-state index contributed by atoms with van der Waals surface area (Å²) in [5, 5.41) is 59.0. The molecule has 0 aliphatic heterocycles. The minimum atomic E-state index is -1.75. The Bertz CT molecular complexity index is 177.